The zero-order chi connectivity index (χ0) is 27.3. The van der Waals surface area contributed by atoms with Gasteiger partial charge in [0.15, 0.2) is 5.82 Å². The third-order valence-corrected chi connectivity index (χ3v) is 5.29. The SMILES string of the molecule is Cc1ccc(NC(=O)c2cccc(C(F)(F)F)c2)cc1C#Cc1cnc(C(C=CN)=Nc2cnn(C)c2)[nH]1. The number of anilines is 1. The van der Waals surface area contributed by atoms with Gasteiger partial charge >= 0.3 is 6.18 Å². The number of imidazole rings is 1. The van der Waals surface area contributed by atoms with Gasteiger partial charge in [0.05, 0.1) is 24.2 Å². The first-order valence-corrected chi connectivity index (χ1v) is 11.2. The van der Waals surface area contributed by atoms with E-state index < -0.39 is 17.6 Å². The molecule has 4 N–H and O–H groups in total. The number of carbonyl (C=O) groups is 1. The Bertz CT molecular complexity index is 1600. The first-order valence-electron chi connectivity index (χ1n) is 11.2. The second-order valence-corrected chi connectivity index (χ2v) is 8.19. The largest absolute Gasteiger partial charge is 0.416 e. The lowest BCUT2D eigenvalue weighted by Crippen LogP contribution is -2.14. The summed E-state index contributed by atoms with van der Waals surface area (Å²) in [5.41, 5.74) is 8.06. The topological polar surface area (TPSA) is 114 Å². The van der Waals surface area contributed by atoms with Crippen molar-refractivity contribution < 1.29 is 18.0 Å². The molecule has 0 unspecified atom stereocenters. The van der Waals surface area contributed by atoms with Crippen molar-refractivity contribution in [1.82, 2.24) is 19.7 Å². The Labute approximate surface area is 216 Å². The van der Waals surface area contributed by atoms with Gasteiger partial charge in [-0.1, -0.05) is 18.1 Å². The summed E-state index contributed by atoms with van der Waals surface area (Å²) >= 11 is 0. The molecule has 0 radical (unpaired) electrons. The van der Waals surface area contributed by atoms with Crippen molar-refractivity contribution in [2.75, 3.05) is 5.32 Å². The Morgan fingerprint density at radius 3 is 2.71 bits per heavy atom. The highest BCUT2D eigenvalue weighted by Crippen LogP contribution is 2.29. The number of rotatable bonds is 5. The number of nitrogens with zero attached hydrogens (tertiary/aromatic N) is 4. The fraction of sp³-hybridized carbons (Fsp3) is 0.111. The van der Waals surface area contributed by atoms with Crippen LogP contribution in [-0.2, 0) is 13.2 Å². The summed E-state index contributed by atoms with van der Waals surface area (Å²) in [6.07, 6.45) is 3.32. The number of aliphatic imine (C=N–C) groups is 1. The average molecular weight is 518 g/mol. The van der Waals surface area contributed by atoms with Crippen LogP contribution in [0.2, 0.25) is 0 Å². The van der Waals surface area contributed by atoms with Gasteiger partial charge in [-0.3, -0.25) is 9.48 Å². The summed E-state index contributed by atoms with van der Waals surface area (Å²) in [4.78, 5) is 24.5. The number of aromatic amines is 1. The van der Waals surface area contributed by atoms with Gasteiger partial charge in [0, 0.05) is 23.9 Å². The molecule has 0 bridgehead atoms. The van der Waals surface area contributed by atoms with Crippen LogP contribution in [0.4, 0.5) is 24.5 Å². The van der Waals surface area contributed by atoms with E-state index in [9.17, 15) is 18.0 Å². The number of hydrogen-bond donors (Lipinski definition) is 3. The predicted octanol–water partition coefficient (Wildman–Crippen LogP) is 4.72. The van der Waals surface area contributed by atoms with Gasteiger partial charge in [-0.05, 0) is 61.0 Å². The Morgan fingerprint density at radius 1 is 1.18 bits per heavy atom. The third-order valence-electron chi connectivity index (χ3n) is 5.29. The average Bonchev–Trinajstić information content (AvgIpc) is 3.52. The number of hydrogen-bond acceptors (Lipinski definition) is 5. The van der Waals surface area contributed by atoms with Crippen molar-refractivity contribution in [3.8, 4) is 11.8 Å². The molecule has 8 nitrogen and oxygen atoms in total. The number of nitrogens with two attached hydrogens (primary N) is 1. The molecule has 0 atom stereocenters. The number of H-pyrrole nitrogens is 1. The summed E-state index contributed by atoms with van der Waals surface area (Å²) in [5, 5.41) is 6.71. The van der Waals surface area contributed by atoms with E-state index in [0.29, 0.717) is 34.2 Å². The minimum Gasteiger partial charge on any atom is -0.405 e. The first-order chi connectivity index (χ1) is 18.1. The minimum absolute atomic E-state index is 0.103. The number of benzene rings is 2. The molecule has 0 saturated heterocycles. The number of carbonyl (C=O) groups excluding carboxylic acids is 1. The van der Waals surface area contributed by atoms with E-state index in [0.717, 1.165) is 17.7 Å². The lowest BCUT2D eigenvalue weighted by atomic mass is 10.1. The maximum Gasteiger partial charge on any atom is 0.416 e. The van der Waals surface area contributed by atoms with Gasteiger partial charge in [-0.25, -0.2) is 9.98 Å². The van der Waals surface area contributed by atoms with E-state index in [1.165, 1.54) is 18.3 Å². The summed E-state index contributed by atoms with van der Waals surface area (Å²) in [5.74, 6) is 5.82. The molecule has 4 rings (SSSR count). The van der Waals surface area contributed by atoms with Gasteiger partial charge in [0.2, 0.25) is 0 Å². The third kappa shape index (κ3) is 6.36. The number of aromatic nitrogens is 4. The number of aryl methyl sites for hydroxylation is 2. The molecule has 0 saturated carbocycles. The van der Waals surface area contributed by atoms with Crippen LogP contribution in [0.15, 0.2) is 78.3 Å². The molecule has 11 heteroatoms. The van der Waals surface area contributed by atoms with E-state index in [1.807, 2.05) is 6.92 Å². The van der Waals surface area contributed by atoms with Gasteiger partial charge in [0.25, 0.3) is 5.91 Å². The first kappa shape index (κ1) is 26.0. The van der Waals surface area contributed by atoms with Gasteiger partial charge in [0.1, 0.15) is 17.1 Å². The quantitative estimate of drug-likeness (QED) is 0.263. The fourth-order valence-electron chi connectivity index (χ4n) is 3.39. The zero-order valence-corrected chi connectivity index (χ0v) is 20.3. The molecule has 38 heavy (non-hydrogen) atoms. The maximum absolute atomic E-state index is 13.0. The molecule has 2 heterocycles. The summed E-state index contributed by atoms with van der Waals surface area (Å²) in [7, 11) is 1.78. The Balaban J connectivity index is 1.54. The molecule has 0 spiro atoms. The number of halogens is 3. The van der Waals surface area contributed by atoms with Gasteiger partial charge < -0.3 is 16.0 Å². The van der Waals surface area contributed by atoms with Crippen molar-refractivity contribution in [2.24, 2.45) is 17.8 Å². The molecule has 2 aromatic heterocycles. The molecule has 2 aromatic carbocycles. The second-order valence-electron chi connectivity index (χ2n) is 8.19. The van der Waals surface area contributed by atoms with Crippen LogP contribution < -0.4 is 11.1 Å². The van der Waals surface area contributed by atoms with Crippen LogP contribution in [-0.4, -0.2) is 31.4 Å². The minimum atomic E-state index is -4.54. The van der Waals surface area contributed by atoms with Gasteiger partial charge in [-0.15, -0.1) is 0 Å². The zero-order valence-electron chi connectivity index (χ0n) is 20.3. The Morgan fingerprint density at radius 2 is 2.00 bits per heavy atom. The fourth-order valence-corrected chi connectivity index (χ4v) is 3.39. The van der Waals surface area contributed by atoms with Crippen molar-refractivity contribution in [3.63, 3.8) is 0 Å². The number of amides is 1. The summed E-state index contributed by atoms with van der Waals surface area (Å²) < 4.78 is 40.6. The number of nitrogens with one attached hydrogen (secondary N) is 2. The molecule has 0 aliphatic carbocycles. The molecule has 0 aliphatic rings. The van der Waals surface area contributed by atoms with Crippen molar-refractivity contribution in [1.29, 1.82) is 0 Å². The number of alkyl halides is 3. The summed E-state index contributed by atoms with van der Waals surface area (Å²) in [6.45, 7) is 1.85. The predicted molar refractivity (Wildman–Crippen MR) is 138 cm³/mol. The van der Waals surface area contributed by atoms with E-state index >= 15 is 0 Å². The normalized spacial score (nSPS) is 11.9. The van der Waals surface area contributed by atoms with E-state index in [-0.39, 0.29) is 5.56 Å². The number of allylic oxidation sites excluding steroid dienone is 1. The Kier molecular flexibility index (Phi) is 7.43. The second kappa shape index (κ2) is 10.9. The highest BCUT2D eigenvalue weighted by atomic mass is 19.4. The van der Waals surface area contributed by atoms with Crippen LogP contribution in [0.3, 0.4) is 0 Å². The lowest BCUT2D eigenvalue weighted by molar-refractivity contribution is -0.137. The van der Waals surface area contributed by atoms with E-state index in [1.54, 1.807) is 54.6 Å². The highest BCUT2D eigenvalue weighted by Gasteiger charge is 2.30. The highest BCUT2D eigenvalue weighted by molar-refractivity contribution is 6.07. The molecular formula is C27H22F3N7O. The van der Waals surface area contributed by atoms with Crippen molar-refractivity contribution >= 4 is 23.0 Å². The molecule has 192 valence electrons. The maximum atomic E-state index is 13.0. The van der Waals surface area contributed by atoms with E-state index in [2.05, 4.69) is 37.2 Å². The molecule has 4 aromatic rings. The standard InChI is InChI=1S/C27H22F3N7O/c1-17-6-8-21(36-26(38)19-4-3-5-20(12-19)27(28,29)30)13-18(17)7-9-22-14-32-25(35-22)24(10-11-31)34-23-15-33-37(2)16-23/h3-6,8,10-16H,31H2,1-2H3,(H,32,35)(H,36,38). The summed E-state index contributed by atoms with van der Waals surface area (Å²) in [6, 6.07) is 9.30. The monoisotopic (exact) mass is 517 g/mol. The van der Waals surface area contributed by atoms with Crippen LogP contribution in [0.25, 0.3) is 0 Å². The molecular weight excluding hydrogens is 495 g/mol. The van der Waals surface area contributed by atoms with Crippen LogP contribution in [0, 0.1) is 18.8 Å². The van der Waals surface area contributed by atoms with Gasteiger partial charge in [-0.2, -0.15) is 18.3 Å². The smallest absolute Gasteiger partial charge is 0.405 e. The molecule has 0 aliphatic heterocycles. The van der Waals surface area contributed by atoms with Crippen molar-refractivity contribution in [2.45, 2.75) is 13.1 Å². The lowest BCUT2D eigenvalue weighted by Gasteiger charge is -2.10. The molecule has 1 amide bonds. The van der Waals surface area contributed by atoms with E-state index in [4.69, 9.17) is 5.73 Å². The van der Waals surface area contributed by atoms with Crippen LogP contribution >= 0.6 is 0 Å². The van der Waals surface area contributed by atoms with Crippen LogP contribution in [0.5, 0.6) is 0 Å². The van der Waals surface area contributed by atoms with Crippen molar-refractivity contribution in [3.05, 3.63) is 107 Å². The molecule has 0 fully saturated rings. The van der Waals surface area contributed by atoms with Crippen LogP contribution in [0.1, 0.15) is 38.6 Å². The Hall–Kier alpha value is -5.11.